The summed E-state index contributed by atoms with van der Waals surface area (Å²) in [6.45, 7) is 3.36. The number of hydrogen-bond acceptors (Lipinski definition) is 6. The Hall–Kier alpha value is -1.64. The van der Waals surface area contributed by atoms with Gasteiger partial charge in [-0.15, -0.1) is 0 Å². The first-order valence-corrected chi connectivity index (χ1v) is 10.5. The summed E-state index contributed by atoms with van der Waals surface area (Å²) in [5, 5.41) is 9.07. The summed E-state index contributed by atoms with van der Waals surface area (Å²) in [5.74, 6) is -0.901. The van der Waals surface area contributed by atoms with Crippen LogP contribution < -0.4 is 10.4 Å². The van der Waals surface area contributed by atoms with E-state index in [9.17, 15) is 13.2 Å². The first kappa shape index (κ1) is 20.7. The number of unbranched alkanes of at least 4 members (excludes halogenated alkanes) is 2. The van der Waals surface area contributed by atoms with Crippen molar-refractivity contribution < 1.29 is 23.2 Å². The Bertz CT molecular complexity index is 697. The number of carbonyl (C=O) groups is 1. The van der Waals surface area contributed by atoms with Crippen LogP contribution in [0.15, 0.2) is 29.2 Å². The van der Waals surface area contributed by atoms with Gasteiger partial charge in [-0.05, 0) is 43.5 Å². The molecule has 0 radical (unpaired) electrons. The number of anilines is 1. The molecule has 7 nitrogen and oxygen atoms in total. The highest BCUT2D eigenvalue weighted by atomic mass is 32.2. The topological polar surface area (TPSA) is 95.9 Å². The van der Waals surface area contributed by atoms with Crippen molar-refractivity contribution in [1.29, 1.82) is 0 Å². The lowest BCUT2D eigenvalue weighted by atomic mass is 9.98. The van der Waals surface area contributed by atoms with Gasteiger partial charge in [0.15, 0.2) is 14.6 Å². The zero-order valence-corrected chi connectivity index (χ0v) is 16.2. The zero-order valence-electron chi connectivity index (χ0n) is 15.4. The van der Waals surface area contributed by atoms with E-state index in [4.69, 9.17) is 9.94 Å². The second kappa shape index (κ2) is 8.83. The molecule has 1 aromatic carbocycles. The first-order chi connectivity index (χ1) is 12.4. The van der Waals surface area contributed by atoms with E-state index in [2.05, 4.69) is 11.8 Å². The Morgan fingerprint density at radius 1 is 1.23 bits per heavy atom. The lowest BCUT2D eigenvalue weighted by molar-refractivity contribution is -0.134. The first-order valence-electron chi connectivity index (χ1n) is 8.97. The number of carbonyl (C=O) groups excluding carboxylic acids is 1. The molecule has 1 fully saturated rings. The van der Waals surface area contributed by atoms with Crippen molar-refractivity contribution in [2.45, 2.75) is 48.7 Å². The molecular weight excluding hydrogens is 356 g/mol. The Morgan fingerprint density at radius 2 is 1.85 bits per heavy atom. The minimum atomic E-state index is -3.97. The van der Waals surface area contributed by atoms with Crippen LogP contribution in [0.25, 0.3) is 0 Å². The molecule has 1 aliphatic heterocycles. The van der Waals surface area contributed by atoms with Gasteiger partial charge >= 0.3 is 0 Å². The Kier molecular flexibility index (Phi) is 7.02. The number of nitrogens with zero attached hydrogens (tertiary/aromatic N) is 1. The number of hydrogen-bond donors (Lipinski definition) is 2. The van der Waals surface area contributed by atoms with Crippen LogP contribution in [0.5, 0.6) is 0 Å². The maximum Gasteiger partial charge on any atom is 0.265 e. The maximum absolute atomic E-state index is 13.2. The zero-order chi connectivity index (χ0) is 19.2. The maximum atomic E-state index is 13.2. The minimum absolute atomic E-state index is 0.0143. The molecule has 2 N–H and O–H groups in total. The van der Waals surface area contributed by atoms with Crippen molar-refractivity contribution in [2.75, 3.05) is 31.7 Å². The molecule has 0 aromatic heterocycles. The van der Waals surface area contributed by atoms with Gasteiger partial charge < -0.3 is 9.64 Å². The van der Waals surface area contributed by atoms with Crippen LogP contribution in [0, 0.1) is 0 Å². The third-order valence-electron chi connectivity index (χ3n) is 5.02. The second-order valence-corrected chi connectivity index (χ2v) is 8.93. The van der Waals surface area contributed by atoms with E-state index >= 15 is 0 Å². The molecule has 146 valence electrons. The number of rotatable bonds is 8. The lowest BCUT2D eigenvalue weighted by Crippen LogP contribution is -2.54. The third-order valence-corrected chi connectivity index (χ3v) is 7.53. The molecule has 26 heavy (non-hydrogen) atoms. The molecule has 0 saturated carbocycles. The summed E-state index contributed by atoms with van der Waals surface area (Å²) in [7, 11) is -2.00. The molecule has 0 aliphatic carbocycles. The fraction of sp³-hybridized carbons (Fsp3) is 0.611. The predicted octanol–water partition coefficient (Wildman–Crippen LogP) is 2.14. The summed E-state index contributed by atoms with van der Waals surface area (Å²) in [4.78, 5) is 14.4. The van der Waals surface area contributed by atoms with Crippen molar-refractivity contribution in [3.63, 3.8) is 0 Å². The van der Waals surface area contributed by atoms with E-state index in [1.807, 2.05) is 7.05 Å². The normalized spacial score (nSPS) is 16.9. The van der Waals surface area contributed by atoms with Crippen molar-refractivity contribution >= 4 is 21.4 Å². The van der Waals surface area contributed by atoms with Crippen LogP contribution >= 0.6 is 0 Å². The molecule has 0 bridgehead atoms. The Labute approximate surface area is 155 Å². The molecular formula is C18H28N2O5S. The summed E-state index contributed by atoms with van der Waals surface area (Å²) < 4.78 is 29.8. The van der Waals surface area contributed by atoms with Gasteiger partial charge in [0.25, 0.3) is 5.91 Å². The second-order valence-electron chi connectivity index (χ2n) is 6.67. The van der Waals surface area contributed by atoms with Gasteiger partial charge in [-0.25, -0.2) is 13.9 Å². The van der Waals surface area contributed by atoms with Crippen LogP contribution in [0.4, 0.5) is 5.69 Å². The number of hydroxylamine groups is 1. The average Bonchev–Trinajstić information content (AvgIpc) is 2.68. The van der Waals surface area contributed by atoms with E-state index in [0.29, 0.717) is 0 Å². The highest BCUT2D eigenvalue weighted by molar-refractivity contribution is 7.93. The molecule has 1 saturated heterocycles. The van der Waals surface area contributed by atoms with Crippen LogP contribution in [0.1, 0.15) is 39.0 Å². The molecule has 0 spiro atoms. The molecule has 1 heterocycles. The van der Waals surface area contributed by atoms with Gasteiger partial charge in [0.2, 0.25) is 0 Å². The monoisotopic (exact) mass is 384 g/mol. The van der Waals surface area contributed by atoms with Gasteiger partial charge in [0, 0.05) is 32.5 Å². The Morgan fingerprint density at radius 3 is 2.38 bits per heavy atom. The minimum Gasteiger partial charge on any atom is -0.381 e. The van der Waals surface area contributed by atoms with Gasteiger partial charge in [0.05, 0.1) is 4.90 Å². The summed E-state index contributed by atoms with van der Waals surface area (Å²) in [6, 6.07) is 6.57. The predicted molar refractivity (Wildman–Crippen MR) is 99.1 cm³/mol. The van der Waals surface area contributed by atoms with Gasteiger partial charge in [-0.3, -0.25) is 10.0 Å². The van der Waals surface area contributed by atoms with Crippen molar-refractivity contribution in [1.82, 2.24) is 5.48 Å². The number of amides is 1. The standard InChI is InChI=1S/C18H28N2O5S/c1-3-4-5-12-20(2)15-6-8-16(9-7-15)26(23,24)18(17(21)19-22)10-13-25-14-11-18/h6-9,22H,3-5,10-14H2,1-2H3,(H,19,21). The quantitative estimate of drug-likeness (QED) is 0.405. The smallest absolute Gasteiger partial charge is 0.265 e. The molecule has 1 aromatic rings. The van der Waals surface area contributed by atoms with E-state index < -0.39 is 20.5 Å². The molecule has 8 heteroatoms. The average molecular weight is 384 g/mol. The van der Waals surface area contributed by atoms with Crippen LogP contribution in [-0.4, -0.2) is 51.1 Å². The number of ether oxygens (including phenoxy) is 1. The number of benzene rings is 1. The van der Waals surface area contributed by atoms with Crippen molar-refractivity contribution in [3.8, 4) is 0 Å². The van der Waals surface area contributed by atoms with E-state index in [-0.39, 0.29) is 31.0 Å². The van der Waals surface area contributed by atoms with E-state index in [0.717, 1.165) is 31.5 Å². The SMILES string of the molecule is CCCCCN(C)c1ccc(S(=O)(=O)C2(C(=O)NO)CCOCC2)cc1. The highest BCUT2D eigenvalue weighted by Crippen LogP contribution is 2.35. The van der Waals surface area contributed by atoms with Crippen molar-refractivity contribution in [2.24, 2.45) is 0 Å². The Balaban J connectivity index is 2.26. The van der Waals surface area contributed by atoms with Crippen molar-refractivity contribution in [3.05, 3.63) is 24.3 Å². The van der Waals surface area contributed by atoms with Crippen LogP contribution in [-0.2, 0) is 19.4 Å². The van der Waals surface area contributed by atoms with Gasteiger partial charge in [-0.1, -0.05) is 19.8 Å². The number of sulfone groups is 1. The lowest BCUT2D eigenvalue weighted by Gasteiger charge is -2.34. The van der Waals surface area contributed by atoms with Gasteiger partial charge in [-0.2, -0.15) is 0 Å². The fourth-order valence-corrected chi connectivity index (χ4v) is 5.19. The molecule has 0 atom stereocenters. The summed E-state index contributed by atoms with van der Waals surface area (Å²) in [5.41, 5.74) is 2.45. The van der Waals surface area contributed by atoms with E-state index in [1.54, 1.807) is 12.1 Å². The number of nitrogens with one attached hydrogen (secondary N) is 1. The molecule has 1 amide bonds. The summed E-state index contributed by atoms with van der Waals surface area (Å²) >= 11 is 0. The third kappa shape index (κ3) is 4.02. The van der Waals surface area contributed by atoms with Crippen LogP contribution in [0.2, 0.25) is 0 Å². The summed E-state index contributed by atoms with van der Waals surface area (Å²) in [6.07, 6.45) is 3.40. The van der Waals surface area contributed by atoms with E-state index in [1.165, 1.54) is 17.6 Å². The fourth-order valence-electron chi connectivity index (χ4n) is 3.25. The van der Waals surface area contributed by atoms with Gasteiger partial charge in [0.1, 0.15) is 0 Å². The molecule has 1 aliphatic rings. The van der Waals surface area contributed by atoms with Crippen LogP contribution in [0.3, 0.4) is 0 Å². The molecule has 0 unspecified atom stereocenters. The highest BCUT2D eigenvalue weighted by Gasteiger charge is 2.52. The largest absolute Gasteiger partial charge is 0.381 e. The molecule has 2 rings (SSSR count).